The lowest BCUT2D eigenvalue weighted by Gasteiger charge is -2.19. The summed E-state index contributed by atoms with van der Waals surface area (Å²) in [6.45, 7) is 5.51. The Morgan fingerprint density at radius 3 is 2.43 bits per heavy atom. The van der Waals surface area contributed by atoms with Crippen molar-refractivity contribution in [2.24, 2.45) is 0 Å². The van der Waals surface area contributed by atoms with Crippen LogP contribution in [0.5, 0.6) is 5.75 Å². The number of nitrogens with one attached hydrogen (secondary N) is 2. The summed E-state index contributed by atoms with van der Waals surface area (Å²) in [6.07, 6.45) is 3.92. The van der Waals surface area contributed by atoms with Crippen LogP contribution in [-0.2, 0) is 17.6 Å². The molecular formula is C23H28N2O3. The molecule has 28 heavy (non-hydrogen) atoms. The smallest absolute Gasteiger partial charge is 0.265 e. The largest absolute Gasteiger partial charge is 0.481 e. The quantitative estimate of drug-likeness (QED) is 0.792. The molecule has 3 rings (SSSR count). The van der Waals surface area contributed by atoms with Gasteiger partial charge in [-0.1, -0.05) is 18.2 Å². The van der Waals surface area contributed by atoms with E-state index in [1.54, 1.807) is 31.2 Å². The van der Waals surface area contributed by atoms with Crippen LogP contribution < -0.4 is 15.4 Å². The zero-order chi connectivity index (χ0) is 20.1. The Hall–Kier alpha value is -2.82. The third-order valence-electron chi connectivity index (χ3n) is 4.85. The summed E-state index contributed by atoms with van der Waals surface area (Å²) < 4.78 is 5.87. The Kier molecular flexibility index (Phi) is 6.34. The molecule has 0 heterocycles. The second-order valence-corrected chi connectivity index (χ2v) is 7.56. The van der Waals surface area contributed by atoms with Crippen LogP contribution in [0.2, 0.25) is 0 Å². The number of para-hydroxylation sites is 1. The van der Waals surface area contributed by atoms with Crippen molar-refractivity contribution < 1.29 is 14.3 Å². The van der Waals surface area contributed by atoms with Gasteiger partial charge in [0.2, 0.25) is 0 Å². The van der Waals surface area contributed by atoms with Gasteiger partial charge in [0.15, 0.2) is 6.10 Å². The van der Waals surface area contributed by atoms with Crippen LogP contribution in [-0.4, -0.2) is 24.0 Å². The molecule has 5 nitrogen and oxygen atoms in total. The zero-order valence-electron chi connectivity index (χ0n) is 16.7. The SMILES string of the molecule is CC(C)NC(=O)c1ccccc1NC(=O)[C@H](C)Oc1ccc2c(c1)CCCC2. The molecule has 0 spiro atoms. The number of hydrogen-bond acceptors (Lipinski definition) is 3. The topological polar surface area (TPSA) is 67.4 Å². The third-order valence-corrected chi connectivity index (χ3v) is 4.85. The maximum Gasteiger partial charge on any atom is 0.265 e. The van der Waals surface area contributed by atoms with Gasteiger partial charge in [0.1, 0.15) is 5.75 Å². The van der Waals surface area contributed by atoms with Gasteiger partial charge in [-0.2, -0.15) is 0 Å². The number of anilines is 1. The normalized spacial score (nSPS) is 14.1. The van der Waals surface area contributed by atoms with Crippen molar-refractivity contribution in [3.05, 3.63) is 59.2 Å². The Balaban J connectivity index is 1.67. The molecule has 1 atom stereocenters. The lowest BCUT2D eigenvalue weighted by Crippen LogP contribution is -2.33. The first-order valence-corrected chi connectivity index (χ1v) is 9.93. The van der Waals surface area contributed by atoms with Crippen LogP contribution in [0.25, 0.3) is 0 Å². The van der Waals surface area contributed by atoms with Crippen molar-refractivity contribution in [2.45, 2.75) is 58.6 Å². The summed E-state index contributed by atoms with van der Waals surface area (Å²) in [5.74, 6) is 0.200. The number of ether oxygens (including phenoxy) is 1. The standard InChI is InChI=1S/C23H28N2O3/c1-15(2)24-23(27)20-10-6-7-11-21(20)25-22(26)16(3)28-19-13-12-17-8-4-5-9-18(17)14-19/h6-7,10-16H,4-5,8-9H2,1-3H3,(H,24,27)(H,25,26)/t16-/m0/s1. The minimum Gasteiger partial charge on any atom is -0.481 e. The first kappa shape index (κ1) is 19.9. The van der Waals surface area contributed by atoms with Crippen molar-refractivity contribution in [3.63, 3.8) is 0 Å². The second-order valence-electron chi connectivity index (χ2n) is 7.56. The van der Waals surface area contributed by atoms with Gasteiger partial charge in [-0.15, -0.1) is 0 Å². The predicted molar refractivity (Wildman–Crippen MR) is 111 cm³/mol. The van der Waals surface area contributed by atoms with Crippen molar-refractivity contribution in [2.75, 3.05) is 5.32 Å². The van der Waals surface area contributed by atoms with E-state index in [9.17, 15) is 9.59 Å². The molecule has 0 saturated carbocycles. The molecule has 0 radical (unpaired) electrons. The first-order chi connectivity index (χ1) is 13.4. The Bertz CT molecular complexity index is 861. The molecule has 1 aliphatic carbocycles. The van der Waals surface area contributed by atoms with Crippen LogP contribution >= 0.6 is 0 Å². The molecule has 2 aromatic rings. The highest BCUT2D eigenvalue weighted by atomic mass is 16.5. The van der Waals surface area contributed by atoms with Gasteiger partial charge in [-0.05, 0) is 81.8 Å². The molecule has 1 aliphatic rings. The summed E-state index contributed by atoms with van der Waals surface area (Å²) in [7, 11) is 0. The average Bonchev–Trinajstić information content (AvgIpc) is 2.67. The molecule has 0 aliphatic heterocycles. The van der Waals surface area contributed by atoms with E-state index in [0.717, 1.165) is 12.8 Å². The summed E-state index contributed by atoms with van der Waals surface area (Å²) in [6, 6.07) is 13.1. The van der Waals surface area contributed by atoms with Crippen LogP contribution in [0.15, 0.2) is 42.5 Å². The Labute approximate surface area is 166 Å². The Morgan fingerprint density at radius 1 is 0.964 bits per heavy atom. The fraction of sp³-hybridized carbons (Fsp3) is 0.391. The van der Waals surface area contributed by atoms with Crippen LogP contribution in [0.3, 0.4) is 0 Å². The van der Waals surface area contributed by atoms with Crippen molar-refractivity contribution in [1.29, 1.82) is 0 Å². The van der Waals surface area contributed by atoms with E-state index in [-0.39, 0.29) is 17.9 Å². The monoisotopic (exact) mass is 380 g/mol. The molecule has 2 N–H and O–H groups in total. The van der Waals surface area contributed by atoms with Gasteiger partial charge < -0.3 is 15.4 Å². The van der Waals surface area contributed by atoms with Gasteiger partial charge in [-0.3, -0.25) is 9.59 Å². The molecule has 0 fully saturated rings. The summed E-state index contributed by atoms with van der Waals surface area (Å²) in [4.78, 5) is 25.0. The number of rotatable bonds is 6. The van der Waals surface area contributed by atoms with Gasteiger partial charge in [-0.25, -0.2) is 0 Å². The number of carbonyl (C=O) groups is 2. The third kappa shape index (κ3) is 4.91. The van der Waals surface area contributed by atoms with Gasteiger partial charge >= 0.3 is 0 Å². The Morgan fingerprint density at radius 2 is 1.68 bits per heavy atom. The minimum atomic E-state index is -0.678. The van der Waals surface area contributed by atoms with E-state index in [1.165, 1.54) is 24.0 Å². The predicted octanol–water partition coefficient (Wildman–Crippen LogP) is 4.11. The molecule has 148 valence electrons. The highest BCUT2D eigenvalue weighted by molar-refractivity contribution is 6.04. The molecule has 2 aromatic carbocycles. The molecule has 0 unspecified atom stereocenters. The maximum absolute atomic E-state index is 12.6. The number of carbonyl (C=O) groups excluding carboxylic acids is 2. The first-order valence-electron chi connectivity index (χ1n) is 9.93. The number of aryl methyl sites for hydroxylation is 2. The van der Waals surface area contributed by atoms with Gasteiger partial charge in [0.25, 0.3) is 11.8 Å². The number of amides is 2. The highest BCUT2D eigenvalue weighted by Crippen LogP contribution is 2.26. The van der Waals surface area contributed by atoms with E-state index in [2.05, 4.69) is 16.7 Å². The summed E-state index contributed by atoms with van der Waals surface area (Å²) >= 11 is 0. The van der Waals surface area contributed by atoms with Gasteiger partial charge in [0, 0.05) is 6.04 Å². The molecular weight excluding hydrogens is 352 g/mol. The summed E-state index contributed by atoms with van der Waals surface area (Å²) in [5, 5.41) is 5.67. The lowest BCUT2D eigenvalue weighted by molar-refractivity contribution is -0.122. The highest BCUT2D eigenvalue weighted by Gasteiger charge is 2.19. The van der Waals surface area contributed by atoms with Crippen molar-refractivity contribution in [1.82, 2.24) is 5.32 Å². The average molecular weight is 380 g/mol. The van der Waals surface area contributed by atoms with Crippen LogP contribution in [0.4, 0.5) is 5.69 Å². The van der Waals surface area contributed by atoms with Gasteiger partial charge in [0.05, 0.1) is 11.3 Å². The molecule has 0 bridgehead atoms. The summed E-state index contributed by atoms with van der Waals surface area (Å²) in [5.41, 5.74) is 3.60. The van der Waals surface area contributed by atoms with E-state index in [1.807, 2.05) is 26.0 Å². The van der Waals surface area contributed by atoms with Crippen molar-refractivity contribution in [3.8, 4) is 5.75 Å². The van der Waals surface area contributed by atoms with E-state index >= 15 is 0 Å². The molecule has 0 saturated heterocycles. The second kappa shape index (κ2) is 8.91. The molecule has 2 amide bonds. The molecule has 5 heteroatoms. The van der Waals surface area contributed by atoms with Crippen molar-refractivity contribution >= 4 is 17.5 Å². The fourth-order valence-corrected chi connectivity index (χ4v) is 3.41. The maximum atomic E-state index is 12.6. The molecule has 0 aromatic heterocycles. The minimum absolute atomic E-state index is 0.0162. The number of hydrogen-bond donors (Lipinski definition) is 2. The van der Waals surface area contributed by atoms with E-state index < -0.39 is 6.10 Å². The van der Waals surface area contributed by atoms with Crippen LogP contribution in [0, 0.1) is 0 Å². The van der Waals surface area contributed by atoms with Crippen LogP contribution in [0.1, 0.15) is 55.1 Å². The fourth-order valence-electron chi connectivity index (χ4n) is 3.41. The number of benzene rings is 2. The van der Waals surface area contributed by atoms with E-state index in [4.69, 9.17) is 4.74 Å². The lowest BCUT2D eigenvalue weighted by atomic mass is 9.92. The number of fused-ring (bicyclic) bond motifs is 1. The van der Waals surface area contributed by atoms with E-state index in [0.29, 0.717) is 17.0 Å². The zero-order valence-corrected chi connectivity index (χ0v) is 16.7.